The zero-order valence-corrected chi connectivity index (χ0v) is 21.0. The van der Waals surface area contributed by atoms with E-state index in [9.17, 15) is 20.0 Å². The molecule has 4 aromatic rings. The first-order valence-corrected chi connectivity index (χ1v) is 12.0. The first-order chi connectivity index (χ1) is 17.9. The molecule has 0 saturated carbocycles. The standard InChI is InChI=1S/C28H22BrN3O5/c29-25-17-20(14-15-26(25)37-19-21-8-7-13-24(16-21)32(35)36)18-30-31-27(33)28(34,22-9-3-1-4-10-22)23-11-5-2-6-12-23/h1-18,34H,19H2,(H,31,33)/b30-18+. The Balaban J connectivity index is 1.44. The number of ether oxygens (including phenoxy) is 1. The molecule has 0 bridgehead atoms. The number of carbonyl (C=O) groups is 1. The minimum atomic E-state index is -1.93. The van der Waals surface area contributed by atoms with Crippen molar-refractivity contribution in [3.8, 4) is 5.75 Å². The fourth-order valence-corrected chi connectivity index (χ4v) is 4.18. The third-order valence-corrected chi connectivity index (χ3v) is 6.18. The van der Waals surface area contributed by atoms with Crippen LogP contribution < -0.4 is 10.2 Å². The number of hydrogen-bond donors (Lipinski definition) is 2. The fraction of sp³-hybridized carbons (Fsp3) is 0.0714. The smallest absolute Gasteiger partial charge is 0.281 e. The average molecular weight is 560 g/mol. The van der Waals surface area contributed by atoms with E-state index in [4.69, 9.17) is 4.74 Å². The lowest BCUT2D eigenvalue weighted by atomic mass is 9.85. The van der Waals surface area contributed by atoms with E-state index in [1.165, 1.54) is 18.3 Å². The number of benzene rings is 4. The molecule has 0 radical (unpaired) electrons. The SMILES string of the molecule is O=C(N/N=C/c1ccc(OCc2cccc([N+](=O)[O-])c2)c(Br)c1)C(O)(c1ccccc1)c1ccccc1. The molecule has 2 N–H and O–H groups in total. The molecule has 8 nitrogen and oxygen atoms in total. The molecule has 1 amide bonds. The third kappa shape index (κ3) is 6.08. The average Bonchev–Trinajstić information content (AvgIpc) is 2.93. The molecule has 0 aromatic heterocycles. The summed E-state index contributed by atoms with van der Waals surface area (Å²) in [6.07, 6.45) is 1.45. The van der Waals surface area contributed by atoms with Crippen LogP contribution >= 0.6 is 15.9 Å². The zero-order chi connectivity index (χ0) is 26.3. The molecule has 0 atom stereocenters. The largest absolute Gasteiger partial charge is 0.488 e. The molecule has 37 heavy (non-hydrogen) atoms. The van der Waals surface area contributed by atoms with Gasteiger partial charge in [-0.1, -0.05) is 72.8 Å². The maximum Gasteiger partial charge on any atom is 0.281 e. The van der Waals surface area contributed by atoms with E-state index < -0.39 is 16.4 Å². The Morgan fingerprint density at radius 1 is 0.973 bits per heavy atom. The summed E-state index contributed by atoms with van der Waals surface area (Å²) in [5.41, 5.74) is 2.68. The van der Waals surface area contributed by atoms with E-state index in [0.717, 1.165) is 0 Å². The van der Waals surface area contributed by atoms with Gasteiger partial charge >= 0.3 is 0 Å². The van der Waals surface area contributed by atoms with E-state index in [0.29, 0.717) is 32.5 Å². The van der Waals surface area contributed by atoms with Gasteiger partial charge in [-0.05, 0) is 56.4 Å². The molecule has 186 valence electrons. The van der Waals surface area contributed by atoms with Crippen molar-refractivity contribution in [1.82, 2.24) is 5.43 Å². The number of hydrogen-bond acceptors (Lipinski definition) is 6. The molecular formula is C28H22BrN3O5. The molecule has 4 rings (SSSR count). The lowest BCUT2D eigenvalue weighted by molar-refractivity contribution is -0.384. The third-order valence-electron chi connectivity index (χ3n) is 5.56. The number of non-ortho nitro benzene ring substituents is 1. The number of amides is 1. The van der Waals surface area contributed by atoms with E-state index in [1.807, 2.05) is 0 Å². The monoisotopic (exact) mass is 559 g/mol. The van der Waals surface area contributed by atoms with Crippen molar-refractivity contribution in [3.63, 3.8) is 0 Å². The highest BCUT2D eigenvalue weighted by Gasteiger charge is 2.39. The summed E-state index contributed by atoms with van der Waals surface area (Å²) < 4.78 is 6.42. The van der Waals surface area contributed by atoms with Crippen LogP contribution in [0.4, 0.5) is 5.69 Å². The molecule has 0 fully saturated rings. The Bertz CT molecular complexity index is 1390. The van der Waals surface area contributed by atoms with Gasteiger partial charge in [0.05, 0.1) is 15.6 Å². The highest BCUT2D eigenvalue weighted by molar-refractivity contribution is 9.10. The number of aliphatic hydroxyl groups is 1. The second-order valence-corrected chi connectivity index (χ2v) is 8.90. The summed E-state index contributed by atoms with van der Waals surface area (Å²) in [6.45, 7) is 0.154. The number of nitro groups is 1. The normalized spacial score (nSPS) is 11.3. The van der Waals surface area contributed by atoms with Gasteiger partial charge in [-0.3, -0.25) is 14.9 Å². The summed E-state index contributed by atoms with van der Waals surface area (Å²) >= 11 is 3.45. The molecule has 0 spiro atoms. The van der Waals surface area contributed by atoms with Crippen LogP contribution in [0.15, 0.2) is 113 Å². The second-order valence-electron chi connectivity index (χ2n) is 8.05. The molecule has 0 saturated heterocycles. The predicted molar refractivity (Wildman–Crippen MR) is 143 cm³/mol. The van der Waals surface area contributed by atoms with E-state index in [1.54, 1.807) is 91.0 Å². The van der Waals surface area contributed by atoms with Crippen LogP contribution in [0.2, 0.25) is 0 Å². The summed E-state index contributed by atoms with van der Waals surface area (Å²) in [4.78, 5) is 23.6. The summed E-state index contributed by atoms with van der Waals surface area (Å²) in [6, 6.07) is 28.8. The number of rotatable bonds is 9. The van der Waals surface area contributed by atoms with Crippen molar-refractivity contribution in [1.29, 1.82) is 0 Å². The Morgan fingerprint density at radius 2 is 1.62 bits per heavy atom. The number of hydrazone groups is 1. The summed E-state index contributed by atoms with van der Waals surface area (Å²) in [5.74, 6) is -0.160. The van der Waals surface area contributed by atoms with Crippen molar-refractivity contribution in [2.75, 3.05) is 0 Å². The predicted octanol–water partition coefficient (Wildman–Crippen LogP) is 5.32. The van der Waals surface area contributed by atoms with Crippen molar-refractivity contribution in [2.45, 2.75) is 12.2 Å². The molecule has 0 aliphatic rings. The van der Waals surface area contributed by atoms with Crippen LogP contribution in [-0.4, -0.2) is 22.2 Å². The van der Waals surface area contributed by atoms with E-state index in [2.05, 4.69) is 26.5 Å². The fourth-order valence-electron chi connectivity index (χ4n) is 3.67. The topological polar surface area (TPSA) is 114 Å². The molecule has 9 heteroatoms. The van der Waals surface area contributed by atoms with E-state index in [-0.39, 0.29) is 12.3 Å². The molecular weight excluding hydrogens is 538 g/mol. The van der Waals surface area contributed by atoms with Gasteiger partial charge in [0.2, 0.25) is 0 Å². The lowest BCUT2D eigenvalue weighted by Gasteiger charge is -2.27. The highest BCUT2D eigenvalue weighted by Crippen LogP contribution is 2.30. The minimum absolute atomic E-state index is 0.000184. The van der Waals surface area contributed by atoms with Gasteiger partial charge in [-0.15, -0.1) is 0 Å². The quantitative estimate of drug-likeness (QED) is 0.163. The van der Waals surface area contributed by atoms with Gasteiger partial charge in [-0.25, -0.2) is 5.43 Å². The van der Waals surface area contributed by atoms with Crippen molar-refractivity contribution < 1.29 is 19.6 Å². The Kier molecular flexibility index (Phi) is 8.07. The molecule has 0 aliphatic heterocycles. The Morgan fingerprint density at radius 3 is 2.22 bits per heavy atom. The highest BCUT2D eigenvalue weighted by atomic mass is 79.9. The zero-order valence-electron chi connectivity index (χ0n) is 19.5. The summed E-state index contributed by atoms with van der Waals surface area (Å²) in [7, 11) is 0. The van der Waals surface area contributed by atoms with E-state index >= 15 is 0 Å². The van der Waals surface area contributed by atoms with Crippen LogP contribution in [0, 0.1) is 10.1 Å². The van der Waals surface area contributed by atoms with Crippen LogP contribution in [-0.2, 0) is 17.0 Å². The lowest BCUT2D eigenvalue weighted by Crippen LogP contribution is -2.43. The number of nitrogens with zero attached hydrogens (tertiary/aromatic N) is 2. The van der Waals surface area contributed by atoms with Crippen LogP contribution in [0.25, 0.3) is 0 Å². The number of carbonyl (C=O) groups excluding carboxylic acids is 1. The minimum Gasteiger partial charge on any atom is -0.488 e. The van der Waals surface area contributed by atoms with Crippen LogP contribution in [0.5, 0.6) is 5.75 Å². The Labute approximate surface area is 221 Å². The van der Waals surface area contributed by atoms with Crippen LogP contribution in [0.3, 0.4) is 0 Å². The number of halogens is 1. The van der Waals surface area contributed by atoms with Gasteiger partial charge < -0.3 is 9.84 Å². The second kappa shape index (κ2) is 11.6. The number of nitro benzene ring substituents is 1. The van der Waals surface area contributed by atoms with Crippen molar-refractivity contribution in [3.05, 3.63) is 140 Å². The molecule has 0 unspecified atom stereocenters. The van der Waals surface area contributed by atoms with Crippen molar-refractivity contribution >= 4 is 33.7 Å². The molecule has 4 aromatic carbocycles. The van der Waals surface area contributed by atoms with Crippen LogP contribution in [0.1, 0.15) is 22.3 Å². The first kappa shape index (κ1) is 25.7. The molecule has 0 aliphatic carbocycles. The maximum absolute atomic E-state index is 13.1. The summed E-state index contributed by atoms with van der Waals surface area (Å²) in [5, 5.41) is 26.4. The van der Waals surface area contributed by atoms with Crippen molar-refractivity contribution in [2.24, 2.45) is 5.10 Å². The van der Waals surface area contributed by atoms with Gasteiger partial charge in [0.1, 0.15) is 12.4 Å². The van der Waals surface area contributed by atoms with Gasteiger partial charge in [0.25, 0.3) is 11.6 Å². The Hall–Kier alpha value is -4.34. The maximum atomic E-state index is 13.1. The van der Waals surface area contributed by atoms with Gasteiger partial charge in [-0.2, -0.15) is 5.10 Å². The first-order valence-electron chi connectivity index (χ1n) is 11.2. The number of nitrogens with one attached hydrogen (secondary N) is 1. The van der Waals surface area contributed by atoms with Gasteiger partial charge in [0.15, 0.2) is 5.60 Å². The molecule has 0 heterocycles. The van der Waals surface area contributed by atoms with Gasteiger partial charge in [0, 0.05) is 12.1 Å².